The monoisotopic (exact) mass is 413 g/mol. The highest BCUT2D eigenvalue weighted by atomic mass is 16.1. The molecule has 0 aromatic heterocycles. The van der Waals surface area contributed by atoms with Gasteiger partial charge in [0.1, 0.15) is 0 Å². The Morgan fingerprint density at radius 3 is 2.53 bits per heavy atom. The van der Waals surface area contributed by atoms with Crippen LogP contribution in [0.15, 0.2) is 11.6 Å². The van der Waals surface area contributed by atoms with E-state index in [1.165, 1.54) is 57.8 Å². The third-order valence-electron chi connectivity index (χ3n) is 10.7. The molecule has 170 valence electrons. The van der Waals surface area contributed by atoms with E-state index in [0.717, 1.165) is 48.3 Å². The first kappa shape index (κ1) is 22.4. The lowest BCUT2D eigenvalue weighted by molar-refractivity contribution is -0.123. The highest BCUT2D eigenvalue weighted by molar-refractivity contribution is 5.77. The molecule has 2 nitrogen and oxygen atoms in total. The molecule has 0 spiro atoms. The molecular formula is C28H47NO. The Balaban J connectivity index is 1.49. The quantitative estimate of drug-likeness (QED) is 0.462. The van der Waals surface area contributed by atoms with Crippen molar-refractivity contribution in [2.75, 3.05) is 0 Å². The summed E-state index contributed by atoms with van der Waals surface area (Å²) in [4.78, 5) is 11.8. The number of hydrogen-bond acceptors (Lipinski definition) is 1. The van der Waals surface area contributed by atoms with E-state index in [-0.39, 0.29) is 11.8 Å². The smallest absolute Gasteiger partial charge is 0.220 e. The average Bonchev–Trinajstić information content (AvgIpc) is 3.04. The highest BCUT2D eigenvalue weighted by Crippen LogP contribution is 2.67. The van der Waals surface area contributed by atoms with Crippen LogP contribution in [0.3, 0.4) is 0 Å². The molecule has 3 saturated carbocycles. The number of hydrogen-bond donors (Lipinski definition) is 1. The molecule has 4 rings (SSSR count). The SMILES string of the molecule is CC(C)CCC[C@@H](C)[C@H]1CCC2C3CC=C4CC(C(N)=O)CC[C@]4(C)C3CC[C@@]21C. The second-order valence-corrected chi connectivity index (χ2v) is 12.6. The molecule has 30 heavy (non-hydrogen) atoms. The van der Waals surface area contributed by atoms with Gasteiger partial charge in [-0.05, 0) is 97.7 Å². The van der Waals surface area contributed by atoms with Gasteiger partial charge >= 0.3 is 0 Å². The minimum Gasteiger partial charge on any atom is -0.369 e. The summed E-state index contributed by atoms with van der Waals surface area (Å²) < 4.78 is 0. The lowest BCUT2D eigenvalue weighted by Gasteiger charge is -2.58. The first-order valence-electron chi connectivity index (χ1n) is 13.2. The summed E-state index contributed by atoms with van der Waals surface area (Å²) in [5, 5.41) is 0. The fourth-order valence-electron chi connectivity index (χ4n) is 8.93. The van der Waals surface area contributed by atoms with Crippen LogP contribution in [-0.4, -0.2) is 5.91 Å². The van der Waals surface area contributed by atoms with Crippen molar-refractivity contribution < 1.29 is 4.79 Å². The molecule has 0 bridgehead atoms. The van der Waals surface area contributed by atoms with Gasteiger partial charge in [0.25, 0.3) is 0 Å². The summed E-state index contributed by atoms with van der Waals surface area (Å²) in [5.74, 6) is 5.27. The predicted octanol–water partition coefficient (Wildman–Crippen LogP) is 7.13. The fraction of sp³-hybridized carbons (Fsp3) is 0.893. The Morgan fingerprint density at radius 2 is 1.83 bits per heavy atom. The Hall–Kier alpha value is -0.790. The summed E-state index contributed by atoms with van der Waals surface area (Å²) in [6.45, 7) is 12.5. The van der Waals surface area contributed by atoms with Crippen molar-refractivity contribution in [1.82, 2.24) is 0 Å². The average molecular weight is 414 g/mol. The first-order chi connectivity index (χ1) is 14.2. The summed E-state index contributed by atoms with van der Waals surface area (Å²) >= 11 is 0. The van der Waals surface area contributed by atoms with Crippen LogP contribution in [0.25, 0.3) is 0 Å². The molecule has 0 saturated heterocycles. The zero-order valence-corrected chi connectivity index (χ0v) is 20.4. The summed E-state index contributed by atoms with van der Waals surface area (Å²) in [6, 6.07) is 0. The Kier molecular flexibility index (Phi) is 6.19. The van der Waals surface area contributed by atoms with E-state index in [2.05, 4.69) is 40.7 Å². The Morgan fingerprint density at radius 1 is 1.07 bits per heavy atom. The van der Waals surface area contributed by atoms with Crippen molar-refractivity contribution in [1.29, 1.82) is 0 Å². The van der Waals surface area contributed by atoms with E-state index in [1.807, 2.05) is 0 Å². The van der Waals surface area contributed by atoms with Gasteiger partial charge in [-0.15, -0.1) is 0 Å². The van der Waals surface area contributed by atoms with Crippen molar-refractivity contribution in [3.8, 4) is 0 Å². The zero-order chi connectivity index (χ0) is 21.7. The Bertz CT molecular complexity index is 680. The minimum absolute atomic E-state index is 0.0808. The molecule has 0 aromatic rings. The van der Waals surface area contributed by atoms with Crippen molar-refractivity contribution in [2.24, 2.45) is 58.0 Å². The molecule has 0 radical (unpaired) electrons. The molecule has 3 fully saturated rings. The zero-order valence-electron chi connectivity index (χ0n) is 20.4. The van der Waals surface area contributed by atoms with Gasteiger partial charge in [0, 0.05) is 5.92 Å². The summed E-state index contributed by atoms with van der Waals surface area (Å²) in [5.41, 5.74) is 8.15. The molecular weight excluding hydrogens is 366 g/mol. The van der Waals surface area contributed by atoms with Gasteiger partial charge < -0.3 is 5.73 Å². The van der Waals surface area contributed by atoms with Crippen molar-refractivity contribution >= 4 is 5.91 Å². The second-order valence-electron chi connectivity index (χ2n) is 12.6. The predicted molar refractivity (Wildman–Crippen MR) is 126 cm³/mol. The number of nitrogens with two attached hydrogens (primary N) is 1. The number of amides is 1. The van der Waals surface area contributed by atoms with E-state index in [4.69, 9.17) is 5.73 Å². The molecule has 1 amide bonds. The van der Waals surface area contributed by atoms with Crippen LogP contribution in [-0.2, 0) is 4.79 Å². The maximum Gasteiger partial charge on any atom is 0.220 e. The van der Waals surface area contributed by atoms with Gasteiger partial charge in [0.15, 0.2) is 0 Å². The molecule has 2 heteroatoms. The van der Waals surface area contributed by atoms with E-state index in [9.17, 15) is 4.79 Å². The third-order valence-corrected chi connectivity index (χ3v) is 10.7. The van der Waals surface area contributed by atoms with Crippen molar-refractivity contribution in [2.45, 2.75) is 105 Å². The van der Waals surface area contributed by atoms with Crippen LogP contribution in [0.1, 0.15) is 105 Å². The maximum atomic E-state index is 11.8. The Labute approximate surface area is 185 Å². The summed E-state index contributed by atoms with van der Waals surface area (Å²) in [6.07, 6.45) is 16.9. The van der Waals surface area contributed by atoms with Crippen LogP contribution < -0.4 is 5.73 Å². The molecule has 0 heterocycles. The minimum atomic E-state index is -0.0821. The highest BCUT2D eigenvalue weighted by Gasteiger charge is 2.59. The fourth-order valence-corrected chi connectivity index (χ4v) is 8.93. The standard InChI is InChI=1S/C28H47NO/c1-18(2)7-6-8-19(3)23-11-12-24-22-10-9-21-17-20(26(29)30)13-15-27(21,4)25(22)14-16-28(23,24)5/h9,18-20,22-25H,6-8,10-17H2,1-5H3,(H2,29,30)/t19-,20?,22?,23-,24?,25?,27+,28-/m1/s1. The van der Waals surface area contributed by atoms with E-state index in [0.29, 0.717) is 10.8 Å². The number of primary amides is 1. The lowest BCUT2D eigenvalue weighted by Crippen LogP contribution is -2.51. The van der Waals surface area contributed by atoms with E-state index < -0.39 is 0 Å². The van der Waals surface area contributed by atoms with Crippen molar-refractivity contribution in [3.05, 3.63) is 11.6 Å². The van der Waals surface area contributed by atoms with E-state index in [1.54, 1.807) is 5.57 Å². The molecule has 8 atom stereocenters. The number of carbonyl (C=O) groups excluding carboxylic acids is 1. The lowest BCUT2D eigenvalue weighted by atomic mass is 9.46. The van der Waals surface area contributed by atoms with Crippen molar-refractivity contribution in [3.63, 3.8) is 0 Å². The molecule has 2 N–H and O–H groups in total. The van der Waals surface area contributed by atoms with Gasteiger partial charge in [-0.1, -0.05) is 65.5 Å². The number of fused-ring (bicyclic) bond motifs is 5. The number of carbonyl (C=O) groups is 1. The molecule has 4 aliphatic rings. The van der Waals surface area contributed by atoms with E-state index >= 15 is 0 Å². The number of allylic oxidation sites excluding steroid dienone is 2. The van der Waals surface area contributed by atoms with Gasteiger partial charge in [-0.25, -0.2) is 0 Å². The molecule has 4 aliphatic carbocycles. The van der Waals surface area contributed by atoms with Gasteiger partial charge in [0.05, 0.1) is 0 Å². The van der Waals surface area contributed by atoms with Gasteiger partial charge in [-0.2, -0.15) is 0 Å². The van der Waals surface area contributed by atoms with Crippen LogP contribution in [0, 0.1) is 52.3 Å². The third kappa shape index (κ3) is 3.69. The first-order valence-corrected chi connectivity index (χ1v) is 13.2. The number of rotatable bonds is 6. The normalized spacial score (nSPS) is 44.1. The van der Waals surface area contributed by atoms with Crippen LogP contribution in [0.4, 0.5) is 0 Å². The summed E-state index contributed by atoms with van der Waals surface area (Å²) in [7, 11) is 0. The van der Waals surface area contributed by atoms with Gasteiger partial charge in [-0.3, -0.25) is 4.79 Å². The molecule has 0 aromatic carbocycles. The second kappa shape index (κ2) is 8.28. The topological polar surface area (TPSA) is 43.1 Å². The maximum absolute atomic E-state index is 11.8. The van der Waals surface area contributed by atoms with Crippen LogP contribution in [0.2, 0.25) is 0 Å². The van der Waals surface area contributed by atoms with Gasteiger partial charge in [0.2, 0.25) is 5.91 Å². The molecule has 4 unspecified atom stereocenters. The molecule has 0 aliphatic heterocycles. The largest absolute Gasteiger partial charge is 0.369 e. The van der Waals surface area contributed by atoms with Crippen LogP contribution in [0.5, 0.6) is 0 Å². The van der Waals surface area contributed by atoms with Crippen LogP contribution >= 0.6 is 0 Å².